The van der Waals surface area contributed by atoms with Crippen LogP contribution in [0.2, 0.25) is 0 Å². The summed E-state index contributed by atoms with van der Waals surface area (Å²) < 4.78 is 6.53. The second-order valence-electron chi connectivity index (χ2n) is 2.98. The Labute approximate surface area is 101 Å². The standard InChI is InChI=1S/C11H9BrClNO/c12-9-3-4-10(15-7-5-13)11-8(9)2-1-6-14-11/h1-4,6H,5,7H2. The predicted molar refractivity (Wildman–Crippen MR) is 65.7 cm³/mol. The zero-order valence-corrected chi connectivity index (χ0v) is 10.3. The van der Waals surface area contributed by atoms with Crippen molar-refractivity contribution in [3.63, 3.8) is 0 Å². The van der Waals surface area contributed by atoms with Gasteiger partial charge in [-0.2, -0.15) is 0 Å². The van der Waals surface area contributed by atoms with Crippen LogP contribution in [-0.4, -0.2) is 17.5 Å². The molecule has 0 fully saturated rings. The van der Waals surface area contributed by atoms with Gasteiger partial charge in [-0.15, -0.1) is 11.6 Å². The summed E-state index contributed by atoms with van der Waals surface area (Å²) in [4.78, 5) is 4.30. The van der Waals surface area contributed by atoms with Crippen LogP contribution in [0.25, 0.3) is 10.9 Å². The SMILES string of the molecule is ClCCOc1ccc(Br)c2cccnc12. The summed E-state index contributed by atoms with van der Waals surface area (Å²) >= 11 is 9.06. The highest BCUT2D eigenvalue weighted by molar-refractivity contribution is 9.10. The van der Waals surface area contributed by atoms with E-state index >= 15 is 0 Å². The van der Waals surface area contributed by atoms with Crippen molar-refractivity contribution in [2.45, 2.75) is 0 Å². The topological polar surface area (TPSA) is 22.1 Å². The minimum Gasteiger partial charge on any atom is -0.490 e. The first-order chi connectivity index (χ1) is 7.33. The normalized spacial score (nSPS) is 10.5. The van der Waals surface area contributed by atoms with Crippen molar-refractivity contribution < 1.29 is 4.74 Å². The maximum Gasteiger partial charge on any atom is 0.145 e. The molecule has 2 nitrogen and oxygen atoms in total. The average molecular weight is 287 g/mol. The third-order valence-electron chi connectivity index (χ3n) is 2.01. The van der Waals surface area contributed by atoms with Crippen molar-refractivity contribution in [1.82, 2.24) is 4.98 Å². The molecule has 0 saturated carbocycles. The van der Waals surface area contributed by atoms with Crippen LogP contribution in [0, 0.1) is 0 Å². The molecule has 4 heteroatoms. The van der Waals surface area contributed by atoms with E-state index in [0.29, 0.717) is 12.5 Å². The number of fused-ring (bicyclic) bond motifs is 1. The monoisotopic (exact) mass is 285 g/mol. The smallest absolute Gasteiger partial charge is 0.145 e. The number of alkyl halides is 1. The summed E-state index contributed by atoms with van der Waals surface area (Å²) in [7, 11) is 0. The van der Waals surface area contributed by atoms with E-state index in [2.05, 4.69) is 20.9 Å². The molecule has 0 aliphatic rings. The van der Waals surface area contributed by atoms with E-state index in [9.17, 15) is 0 Å². The lowest BCUT2D eigenvalue weighted by molar-refractivity contribution is 0.346. The number of nitrogens with zero attached hydrogens (tertiary/aromatic N) is 1. The van der Waals surface area contributed by atoms with Crippen molar-refractivity contribution in [3.05, 3.63) is 34.9 Å². The molecule has 0 bridgehead atoms. The maximum absolute atomic E-state index is 5.58. The van der Waals surface area contributed by atoms with Gasteiger partial charge in [0.1, 0.15) is 17.9 Å². The van der Waals surface area contributed by atoms with Crippen LogP contribution in [0.5, 0.6) is 5.75 Å². The number of rotatable bonds is 3. The quantitative estimate of drug-likeness (QED) is 0.804. The van der Waals surface area contributed by atoms with Crippen molar-refractivity contribution in [1.29, 1.82) is 0 Å². The molecule has 0 aliphatic heterocycles. The molecule has 2 aromatic rings. The molecule has 78 valence electrons. The molecule has 1 aromatic heterocycles. The number of benzene rings is 1. The van der Waals surface area contributed by atoms with Crippen molar-refractivity contribution in [3.8, 4) is 5.75 Å². The summed E-state index contributed by atoms with van der Waals surface area (Å²) in [6.07, 6.45) is 1.75. The van der Waals surface area contributed by atoms with Gasteiger partial charge in [0.15, 0.2) is 0 Å². The summed E-state index contributed by atoms with van der Waals surface area (Å²) in [6, 6.07) is 7.75. The fourth-order valence-electron chi connectivity index (χ4n) is 1.38. The number of hydrogen-bond acceptors (Lipinski definition) is 2. The summed E-state index contributed by atoms with van der Waals surface area (Å²) in [5.74, 6) is 1.25. The van der Waals surface area contributed by atoms with Gasteiger partial charge in [-0.3, -0.25) is 4.98 Å². The second-order valence-corrected chi connectivity index (χ2v) is 4.21. The Balaban J connectivity index is 2.51. The average Bonchev–Trinajstić information content (AvgIpc) is 2.29. The first kappa shape index (κ1) is 10.7. The van der Waals surface area contributed by atoms with E-state index in [1.54, 1.807) is 6.20 Å². The van der Waals surface area contributed by atoms with Crippen LogP contribution in [0.1, 0.15) is 0 Å². The van der Waals surface area contributed by atoms with Crippen LogP contribution < -0.4 is 4.74 Å². The van der Waals surface area contributed by atoms with Crippen LogP contribution in [0.4, 0.5) is 0 Å². The molecule has 0 saturated heterocycles. The van der Waals surface area contributed by atoms with E-state index < -0.39 is 0 Å². The van der Waals surface area contributed by atoms with Crippen LogP contribution in [0.15, 0.2) is 34.9 Å². The molecule has 0 unspecified atom stereocenters. The first-order valence-electron chi connectivity index (χ1n) is 4.55. The molecule has 0 N–H and O–H groups in total. The Morgan fingerprint density at radius 1 is 1.33 bits per heavy atom. The number of pyridine rings is 1. The maximum atomic E-state index is 5.58. The van der Waals surface area contributed by atoms with Crippen molar-refractivity contribution >= 4 is 38.4 Å². The Hall–Kier alpha value is -0.800. The zero-order valence-electron chi connectivity index (χ0n) is 7.91. The summed E-state index contributed by atoms with van der Waals surface area (Å²) in [5.41, 5.74) is 0.858. The minimum atomic E-state index is 0.477. The van der Waals surface area contributed by atoms with Crippen molar-refractivity contribution in [2.75, 3.05) is 12.5 Å². The van der Waals surface area contributed by atoms with Crippen molar-refractivity contribution in [2.24, 2.45) is 0 Å². The van der Waals surface area contributed by atoms with Gasteiger partial charge < -0.3 is 4.74 Å². The Morgan fingerprint density at radius 3 is 3.00 bits per heavy atom. The van der Waals surface area contributed by atoms with Gasteiger partial charge >= 0.3 is 0 Å². The predicted octanol–water partition coefficient (Wildman–Crippen LogP) is 3.61. The third kappa shape index (κ3) is 2.24. The van der Waals surface area contributed by atoms with Gasteiger partial charge in [0.25, 0.3) is 0 Å². The Bertz CT molecular complexity index is 475. The fourth-order valence-corrected chi connectivity index (χ4v) is 1.91. The summed E-state index contributed by atoms with van der Waals surface area (Å²) in [5, 5.41) is 1.05. The van der Waals surface area contributed by atoms with Crippen LogP contribution >= 0.6 is 27.5 Å². The molecule has 0 aliphatic carbocycles. The first-order valence-corrected chi connectivity index (χ1v) is 5.87. The van der Waals surface area contributed by atoms with Gasteiger partial charge in [0.2, 0.25) is 0 Å². The lowest BCUT2D eigenvalue weighted by Gasteiger charge is -2.07. The van der Waals surface area contributed by atoms with E-state index in [-0.39, 0.29) is 0 Å². The highest BCUT2D eigenvalue weighted by Crippen LogP contribution is 2.29. The minimum absolute atomic E-state index is 0.477. The van der Waals surface area contributed by atoms with Crippen LogP contribution in [0.3, 0.4) is 0 Å². The molecule has 0 amide bonds. The molecule has 1 aromatic carbocycles. The Kier molecular flexibility index (Phi) is 3.44. The second kappa shape index (κ2) is 4.81. The van der Waals surface area contributed by atoms with E-state index in [0.717, 1.165) is 21.1 Å². The molecular formula is C11H9BrClNO. The molecule has 0 radical (unpaired) electrons. The fraction of sp³-hybridized carbons (Fsp3) is 0.182. The number of halogens is 2. The molecule has 0 atom stereocenters. The highest BCUT2D eigenvalue weighted by atomic mass is 79.9. The largest absolute Gasteiger partial charge is 0.490 e. The van der Waals surface area contributed by atoms with Gasteiger partial charge in [-0.1, -0.05) is 22.0 Å². The molecule has 1 heterocycles. The lowest BCUT2D eigenvalue weighted by Crippen LogP contribution is -1.99. The van der Waals surface area contributed by atoms with Gasteiger partial charge in [0.05, 0.1) is 5.88 Å². The number of aromatic nitrogens is 1. The van der Waals surface area contributed by atoms with Gasteiger partial charge in [0, 0.05) is 16.1 Å². The van der Waals surface area contributed by atoms with E-state index in [1.807, 2.05) is 24.3 Å². The Morgan fingerprint density at radius 2 is 2.20 bits per heavy atom. The number of hydrogen-bond donors (Lipinski definition) is 0. The third-order valence-corrected chi connectivity index (χ3v) is 2.86. The van der Waals surface area contributed by atoms with Crippen LogP contribution in [-0.2, 0) is 0 Å². The molecule has 0 spiro atoms. The van der Waals surface area contributed by atoms with E-state index in [1.165, 1.54) is 0 Å². The summed E-state index contributed by atoms with van der Waals surface area (Å²) in [6.45, 7) is 0.495. The van der Waals surface area contributed by atoms with Gasteiger partial charge in [-0.25, -0.2) is 0 Å². The zero-order chi connectivity index (χ0) is 10.7. The molecular weight excluding hydrogens is 277 g/mol. The molecule has 15 heavy (non-hydrogen) atoms. The molecule has 2 rings (SSSR count). The lowest BCUT2D eigenvalue weighted by atomic mass is 10.2. The number of ether oxygens (including phenoxy) is 1. The van der Waals surface area contributed by atoms with E-state index in [4.69, 9.17) is 16.3 Å². The van der Waals surface area contributed by atoms with Gasteiger partial charge in [-0.05, 0) is 18.2 Å². The highest BCUT2D eigenvalue weighted by Gasteiger charge is 2.05.